The lowest BCUT2D eigenvalue weighted by atomic mass is 9.97. The van der Waals surface area contributed by atoms with Gasteiger partial charge < -0.3 is 15.0 Å². The van der Waals surface area contributed by atoms with E-state index < -0.39 is 5.60 Å². The summed E-state index contributed by atoms with van der Waals surface area (Å²) < 4.78 is 5.41. The summed E-state index contributed by atoms with van der Waals surface area (Å²) in [6.07, 6.45) is 5.30. The van der Waals surface area contributed by atoms with Gasteiger partial charge in [-0.3, -0.25) is 4.98 Å². The molecule has 1 fully saturated rings. The summed E-state index contributed by atoms with van der Waals surface area (Å²) in [7, 11) is 5.89. The quantitative estimate of drug-likeness (QED) is 0.837. The van der Waals surface area contributed by atoms with Crippen molar-refractivity contribution < 1.29 is 9.53 Å². The molecule has 0 aromatic carbocycles. The lowest BCUT2D eigenvalue weighted by Gasteiger charge is -2.24. The second-order valence-electron chi connectivity index (χ2n) is 6.87. The van der Waals surface area contributed by atoms with Crippen LogP contribution in [-0.4, -0.2) is 58.5 Å². The third kappa shape index (κ3) is 3.58. The van der Waals surface area contributed by atoms with Crippen LogP contribution in [-0.2, 0) is 4.74 Å². The minimum atomic E-state index is -0.493. The van der Waals surface area contributed by atoms with Gasteiger partial charge in [-0.25, -0.2) is 14.8 Å². The molecular formula is C16H20BN5O2. The number of nitrogens with zero attached hydrogens (tertiary/aromatic N) is 4. The lowest BCUT2D eigenvalue weighted by molar-refractivity contribution is 0.0293. The maximum Gasteiger partial charge on any atom is 0.410 e. The average Bonchev–Trinajstić information content (AvgIpc) is 2.98. The van der Waals surface area contributed by atoms with Crippen molar-refractivity contribution in [2.24, 2.45) is 0 Å². The van der Waals surface area contributed by atoms with Gasteiger partial charge in [-0.05, 0) is 27.2 Å². The Morgan fingerprint density at radius 1 is 1.29 bits per heavy atom. The highest BCUT2D eigenvalue weighted by molar-refractivity contribution is 6.38. The van der Waals surface area contributed by atoms with Gasteiger partial charge >= 0.3 is 6.09 Å². The number of ether oxygens (including phenoxy) is 1. The largest absolute Gasteiger partial charge is 0.444 e. The summed E-state index contributed by atoms with van der Waals surface area (Å²) in [4.78, 5) is 26.7. The molecule has 2 radical (unpaired) electrons. The molecule has 2 aromatic heterocycles. The molecule has 8 heteroatoms. The molecule has 1 aliphatic rings. The fourth-order valence-corrected chi connectivity index (χ4v) is 2.65. The van der Waals surface area contributed by atoms with E-state index in [1.807, 2.05) is 20.8 Å². The van der Waals surface area contributed by atoms with Crippen LogP contribution in [0.2, 0.25) is 0 Å². The summed E-state index contributed by atoms with van der Waals surface area (Å²) in [5.41, 5.74) is 1.25. The predicted molar refractivity (Wildman–Crippen MR) is 92.6 cm³/mol. The van der Waals surface area contributed by atoms with E-state index in [9.17, 15) is 4.79 Å². The van der Waals surface area contributed by atoms with Crippen LogP contribution >= 0.6 is 0 Å². The fraction of sp³-hybridized carbons (Fsp3) is 0.500. The van der Waals surface area contributed by atoms with Gasteiger partial charge in [0.25, 0.3) is 0 Å². The third-order valence-electron chi connectivity index (χ3n) is 3.71. The fourth-order valence-electron chi connectivity index (χ4n) is 2.65. The van der Waals surface area contributed by atoms with E-state index in [1.54, 1.807) is 23.5 Å². The maximum atomic E-state index is 12.1. The van der Waals surface area contributed by atoms with Crippen LogP contribution in [0, 0.1) is 0 Å². The van der Waals surface area contributed by atoms with E-state index in [0.717, 1.165) is 6.42 Å². The molecule has 1 amide bonds. The van der Waals surface area contributed by atoms with E-state index in [4.69, 9.17) is 12.6 Å². The number of hydrogen-bond donors (Lipinski definition) is 1. The number of aromatic nitrogens is 3. The number of likely N-dealkylation sites (tertiary alicyclic amines) is 1. The SMILES string of the molecule is [B]c1cnc(N[C@H]2CCN(C(=O)OC(C)(C)C)C2)c2nccnc12. The van der Waals surface area contributed by atoms with Crippen molar-refractivity contribution in [1.29, 1.82) is 0 Å². The maximum absolute atomic E-state index is 12.1. The molecule has 1 N–H and O–H groups in total. The highest BCUT2D eigenvalue weighted by Crippen LogP contribution is 2.20. The Bertz CT molecular complexity index is 762. The topological polar surface area (TPSA) is 80.2 Å². The van der Waals surface area contributed by atoms with Gasteiger partial charge in [0.05, 0.1) is 5.52 Å². The Morgan fingerprint density at radius 2 is 2.00 bits per heavy atom. The zero-order chi connectivity index (χ0) is 17.3. The first kappa shape index (κ1) is 16.5. The summed E-state index contributed by atoms with van der Waals surface area (Å²) in [5, 5.41) is 3.34. The Hall–Kier alpha value is -2.38. The standard InChI is InChI=1S/C16H20BN5O2/c1-16(2,3)24-15(23)22-7-4-10(9-22)21-14-13-12(11(17)8-20-14)18-5-6-19-13/h5-6,8,10H,4,7,9H2,1-3H3,(H,20,21)/t10-/m0/s1. The number of hydrogen-bond acceptors (Lipinski definition) is 6. The first-order chi connectivity index (χ1) is 11.3. The van der Waals surface area contributed by atoms with Gasteiger partial charge in [0.15, 0.2) is 5.82 Å². The molecular weight excluding hydrogens is 305 g/mol. The molecule has 124 valence electrons. The Labute approximate surface area is 142 Å². The van der Waals surface area contributed by atoms with Gasteiger partial charge in [-0.1, -0.05) is 5.46 Å². The minimum Gasteiger partial charge on any atom is -0.444 e. The molecule has 1 saturated heterocycles. The van der Waals surface area contributed by atoms with Gasteiger partial charge in [0, 0.05) is 37.7 Å². The number of rotatable bonds is 2. The van der Waals surface area contributed by atoms with Crippen molar-refractivity contribution in [3.8, 4) is 0 Å². The van der Waals surface area contributed by atoms with Crippen molar-refractivity contribution in [2.75, 3.05) is 18.4 Å². The smallest absolute Gasteiger partial charge is 0.410 e. The molecule has 2 aromatic rings. The van der Waals surface area contributed by atoms with Crippen molar-refractivity contribution >= 4 is 36.3 Å². The number of amides is 1. The summed E-state index contributed by atoms with van der Waals surface area (Å²) in [6.45, 7) is 6.79. The van der Waals surface area contributed by atoms with E-state index in [0.29, 0.717) is 35.4 Å². The van der Waals surface area contributed by atoms with Crippen LogP contribution in [0.4, 0.5) is 10.6 Å². The molecule has 0 spiro atoms. The highest BCUT2D eigenvalue weighted by atomic mass is 16.6. The molecule has 3 rings (SSSR count). The zero-order valence-electron chi connectivity index (χ0n) is 14.1. The predicted octanol–water partition coefficient (Wildman–Crippen LogP) is 1.24. The summed E-state index contributed by atoms with van der Waals surface area (Å²) in [5.74, 6) is 0.628. The van der Waals surface area contributed by atoms with Crippen molar-refractivity contribution in [1.82, 2.24) is 19.9 Å². The zero-order valence-corrected chi connectivity index (χ0v) is 14.1. The van der Waals surface area contributed by atoms with E-state index in [-0.39, 0.29) is 12.1 Å². The number of pyridine rings is 1. The molecule has 0 aliphatic carbocycles. The van der Waals surface area contributed by atoms with Crippen molar-refractivity contribution in [2.45, 2.75) is 38.8 Å². The Morgan fingerprint density at radius 3 is 2.71 bits per heavy atom. The lowest BCUT2D eigenvalue weighted by Crippen LogP contribution is -2.36. The monoisotopic (exact) mass is 325 g/mol. The Balaban J connectivity index is 1.70. The van der Waals surface area contributed by atoms with Gasteiger partial charge in [-0.15, -0.1) is 0 Å². The minimum absolute atomic E-state index is 0.0823. The summed E-state index contributed by atoms with van der Waals surface area (Å²) in [6, 6.07) is 0.0823. The molecule has 3 heterocycles. The number of carbonyl (C=O) groups is 1. The number of anilines is 1. The van der Waals surface area contributed by atoms with Crippen LogP contribution in [0.15, 0.2) is 18.6 Å². The van der Waals surface area contributed by atoms with Crippen LogP contribution in [0.25, 0.3) is 11.0 Å². The van der Waals surface area contributed by atoms with E-state index in [2.05, 4.69) is 20.3 Å². The van der Waals surface area contributed by atoms with Crippen molar-refractivity contribution in [3.63, 3.8) is 0 Å². The molecule has 7 nitrogen and oxygen atoms in total. The number of fused-ring (bicyclic) bond motifs is 1. The normalized spacial score (nSPS) is 18.0. The molecule has 1 aliphatic heterocycles. The third-order valence-corrected chi connectivity index (χ3v) is 3.71. The molecule has 24 heavy (non-hydrogen) atoms. The van der Waals surface area contributed by atoms with Crippen LogP contribution in [0.3, 0.4) is 0 Å². The van der Waals surface area contributed by atoms with Crippen LogP contribution in [0.5, 0.6) is 0 Å². The van der Waals surface area contributed by atoms with Gasteiger partial charge in [0.2, 0.25) is 0 Å². The highest BCUT2D eigenvalue weighted by Gasteiger charge is 2.30. The Kier molecular flexibility index (Phi) is 4.30. The second-order valence-corrected chi connectivity index (χ2v) is 6.87. The first-order valence-electron chi connectivity index (χ1n) is 7.93. The van der Waals surface area contributed by atoms with Crippen molar-refractivity contribution in [3.05, 3.63) is 18.6 Å². The van der Waals surface area contributed by atoms with Gasteiger partial charge in [0.1, 0.15) is 19.0 Å². The number of carbonyl (C=O) groups excluding carboxylic acids is 1. The average molecular weight is 325 g/mol. The molecule has 0 saturated carbocycles. The van der Waals surface area contributed by atoms with Crippen LogP contribution in [0.1, 0.15) is 27.2 Å². The molecule has 0 bridgehead atoms. The van der Waals surface area contributed by atoms with Crippen LogP contribution < -0.4 is 10.8 Å². The summed E-state index contributed by atoms with van der Waals surface area (Å²) >= 11 is 0. The second kappa shape index (κ2) is 6.26. The number of nitrogens with one attached hydrogen (secondary N) is 1. The molecule has 1 atom stereocenters. The van der Waals surface area contributed by atoms with E-state index in [1.165, 1.54) is 0 Å². The van der Waals surface area contributed by atoms with Gasteiger partial charge in [-0.2, -0.15) is 0 Å². The van der Waals surface area contributed by atoms with E-state index >= 15 is 0 Å². The first-order valence-corrected chi connectivity index (χ1v) is 7.93. The molecule has 0 unspecified atom stereocenters.